The third-order valence-electron chi connectivity index (χ3n) is 5.06. The van der Waals surface area contributed by atoms with Crippen molar-refractivity contribution in [2.75, 3.05) is 12.4 Å². The lowest BCUT2D eigenvalue weighted by atomic mass is 10.0. The average Bonchev–Trinajstić information content (AvgIpc) is 2.68. The van der Waals surface area contributed by atoms with Crippen molar-refractivity contribution < 1.29 is 4.74 Å². The second kappa shape index (κ2) is 19.1. The zero-order valence-corrected chi connectivity index (χ0v) is 17.9. The van der Waals surface area contributed by atoms with Gasteiger partial charge in [0.2, 0.25) is 0 Å². The van der Waals surface area contributed by atoms with Crippen molar-refractivity contribution in [2.45, 2.75) is 103 Å². The zero-order chi connectivity index (χ0) is 18.5. The Balaban J connectivity index is 1.68. The Morgan fingerprint density at radius 1 is 0.500 bits per heavy atom. The molecule has 0 saturated heterocycles. The quantitative estimate of drug-likeness (QED) is 0.188. The number of ether oxygens (including phenoxy) is 1. The highest BCUT2D eigenvalue weighted by Crippen LogP contribution is 2.14. The third kappa shape index (κ3) is 15.6. The van der Waals surface area contributed by atoms with E-state index >= 15 is 0 Å². The van der Waals surface area contributed by atoms with Gasteiger partial charge in [-0.25, -0.2) is 0 Å². The molecular weight excluding hydrogens is 336 g/mol. The molecule has 0 aromatic heterocycles. The Hall–Kier alpha value is -0.630. The van der Waals surface area contributed by atoms with Crippen molar-refractivity contribution in [2.24, 2.45) is 0 Å². The lowest BCUT2D eigenvalue weighted by molar-refractivity contribution is 0.304. The van der Waals surface area contributed by atoms with Gasteiger partial charge in [0.15, 0.2) is 0 Å². The Morgan fingerprint density at radius 2 is 0.885 bits per heavy atom. The van der Waals surface area contributed by atoms with Crippen molar-refractivity contribution in [1.82, 2.24) is 0 Å². The predicted octanol–water partition coefficient (Wildman–Crippen LogP) is 8.24. The van der Waals surface area contributed by atoms with Gasteiger partial charge in [-0.15, -0.1) is 0 Å². The molecule has 0 aliphatic carbocycles. The molecule has 1 rings (SSSR count). The monoisotopic (exact) mass is 378 g/mol. The third-order valence-corrected chi connectivity index (χ3v) is 5.38. The van der Waals surface area contributed by atoms with Crippen molar-refractivity contribution in [3.63, 3.8) is 0 Å². The van der Waals surface area contributed by atoms with Gasteiger partial charge in [0.25, 0.3) is 0 Å². The molecule has 0 radical (unpaired) electrons. The Morgan fingerprint density at radius 3 is 1.31 bits per heavy atom. The molecule has 0 N–H and O–H groups in total. The SMILES string of the molecule is SCCCCCCCCCCCCCCCCCCOc1ccccc1. The molecule has 150 valence electrons. The molecule has 0 aliphatic heterocycles. The molecule has 0 amide bonds. The summed E-state index contributed by atoms with van der Waals surface area (Å²) >= 11 is 4.26. The first-order valence-corrected chi connectivity index (χ1v) is 11.9. The smallest absolute Gasteiger partial charge is 0.119 e. The van der Waals surface area contributed by atoms with Crippen LogP contribution in [0.2, 0.25) is 0 Å². The van der Waals surface area contributed by atoms with Gasteiger partial charge in [-0.1, -0.05) is 108 Å². The summed E-state index contributed by atoms with van der Waals surface area (Å²) in [6.07, 6.45) is 22.3. The van der Waals surface area contributed by atoms with Crippen LogP contribution in [0.4, 0.5) is 0 Å². The Bertz CT molecular complexity index is 379. The molecule has 0 heterocycles. The van der Waals surface area contributed by atoms with Crippen LogP contribution in [0.1, 0.15) is 103 Å². The fourth-order valence-corrected chi connectivity index (χ4v) is 3.62. The van der Waals surface area contributed by atoms with E-state index in [1.165, 1.54) is 103 Å². The minimum Gasteiger partial charge on any atom is -0.494 e. The van der Waals surface area contributed by atoms with E-state index in [2.05, 4.69) is 12.6 Å². The molecule has 1 nitrogen and oxygen atoms in total. The van der Waals surface area contributed by atoms with Crippen molar-refractivity contribution in [3.8, 4) is 5.75 Å². The molecular formula is C24H42OS. The maximum Gasteiger partial charge on any atom is 0.119 e. The highest BCUT2D eigenvalue weighted by atomic mass is 32.1. The summed E-state index contributed by atoms with van der Waals surface area (Å²) in [7, 11) is 0. The highest BCUT2D eigenvalue weighted by molar-refractivity contribution is 7.80. The minimum absolute atomic E-state index is 0.860. The summed E-state index contributed by atoms with van der Waals surface area (Å²) in [6, 6.07) is 10.2. The topological polar surface area (TPSA) is 9.23 Å². The molecule has 0 spiro atoms. The summed E-state index contributed by atoms with van der Waals surface area (Å²) in [5.41, 5.74) is 0. The highest BCUT2D eigenvalue weighted by Gasteiger charge is 1.95. The number of unbranched alkanes of at least 4 members (excludes halogenated alkanes) is 15. The summed E-state index contributed by atoms with van der Waals surface area (Å²) < 4.78 is 5.73. The maximum atomic E-state index is 5.73. The van der Waals surface area contributed by atoms with Crippen molar-refractivity contribution in [1.29, 1.82) is 0 Å². The molecule has 1 aromatic rings. The van der Waals surface area contributed by atoms with Gasteiger partial charge >= 0.3 is 0 Å². The molecule has 26 heavy (non-hydrogen) atoms. The van der Waals surface area contributed by atoms with Crippen molar-refractivity contribution >= 4 is 12.6 Å². The number of hydrogen-bond acceptors (Lipinski definition) is 2. The largest absolute Gasteiger partial charge is 0.494 e. The Labute approximate surface area is 168 Å². The lowest BCUT2D eigenvalue weighted by Crippen LogP contribution is -1.96. The van der Waals surface area contributed by atoms with Gasteiger partial charge in [-0.3, -0.25) is 0 Å². The van der Waals surface area contributed by atoms with E-state index in [1.807, 2.05) is 30.3 Å². The van der Waals surface area contributed by atoms with Crippen LogP contribution in [0, 0.1) is 0 Å². The molecule has 0 atom stereocenters. The van der Waals surface area contributed by atoms with Gasteiger partial charge in [0.05, 0.1) is 6.61 Å². The van der Waals surface area contributed by atoms with E-state index in [0.717, 1.165) is 18.1 Å². The van der Waals surface area contributed by atoms with Crippen LogP contribution in [0.25, 0.3) is 0 Å². The van der Waals surface area contributed by atoms with E-state index in [0.29, 0.717) is 0 Å². The van der Waals surface area contributed by atoms with Crippen LogP contribution < -0.4 is 4.74 Å². The summed E-state index contributed by atoms with van der Waals surface area (Å²) in [4.78, 5) is 0. The van der Waals surface area contributed by atoms with Crippen LogP contribution in [0.5, 0.6) is 5.75 Å². The van der Waals surface area contributed by atoms with E-state index in [9.17, 15) is 0 Å². The standard InChI is InChI=1S/C24H42OS/c26-23-19-14-12-10-8-6-4-2-1-3-5-7-9-11-13-18-22-25-24-20-16-15-17-21-24/h15-17,20-21,26H,1-14,18-19,22-23H2. The first-order chi connectivity index (χ1) is 12.9. The fourth-order valence-electron chi connectivity index (χ4n) is 3.40. The molecule has 0 bridgehead atoms. The molecule has 0 saturated carbocycles. The Kier molecular flexibility index (Phi) is 17.2. The van der Waals surface area contributed by atoms with E-state index in [1.54, 1.807) is 0 Å². The summed E-state index contributed by atoms with van der Waals surface area (Å²) in [6.45, 7) is 0.860. The summed E-state index contributed by atoms with van der Waals surface area (Å²) in [5, 5.41) is 0. The van der Waals surface area contributed by atoms with Gasteiger partial charge < -0.3 is 4.74 Å². The number of rotatable bonds is 19. The number of benzene rings is 1. The predicted molar refractivity (Wildman–Crippen MR) is 120 cm³/mol. The van der Waals surface area contributed by atoms with Crippen LogP contribution in [0.3, 0.4) is 0 Å². The first-order valence-electron chi connectivity index (χ1n) is 11.2. The van der Waals surface area contributed by atoms with E-state index < -0.39 is 0 Å². The summed E-state index contributed by atoms with van der Waals surface area (Å²) in [5.74, 6) is 2.06. The van der Waals surface area contributed by atoms with Gasteiger partial charge in [-0.05, 0) is 30.7 Å². The maximum absolute atomic E-state index is 5.73. The van der Waals surface area contributed by atoms with E-state index in [4.69, 9.17) is 4.74 Å². The van der Waals surface area contributed by atoms with Crippen LogP contribution in [0.15, 0.2) is 30.3 Å². The van der Waals surface area contributed by atoms with E-state index in [-0.39, 0.29) is 0 Å². The number of hydrogen-bond donors (Lipinski definition) is 1. The average molecular weight is 379 g/mol. The lowest BCUT2D eigenvalue weighted by Gasteiger charge is -2.06. The van der Waals surface area contributed by atoms with Crippen molar-refractivity contribution in [3.05, 3.63) is 30.3 Å². The molecule has 0 aliphatic rings. The van der Waals surface area contributed by atoms with Crippen LogP contribution >= 0.6 is 12.6 Å². The van der Waals surface area contributed by atoms with Gasteiger partial charge in [0.1, 0.15) is 5.75 Å². The minimum atomic E-state index is 0.860. The molecule has 2 heteroatoms. The molecule has 0 unspecified atom stereocenters. The fraction of sp³-hybridized carbons (Fsp3) is 0.750. The normalized spacial score (nSPS) is 11.0. The number of para-hydroxylation sites is 1. The second-order valence-corrected chi connectivity index (χ2v) is 7.99. The van der Waals surface area contributed by atoms with Gasteiger partial charge in [-0.2, -0.15) is 12.6 Å². The second-order valence-electron chi connectivity index (χ2n) is 7.54. The van der Waals surface area contributed by atoms with Gasteiger partial charge in [0, 0.05) is 0 Å². The zero-order valence-electron chi connectivity index (χ0n) is 17.0. The number of thiol groups is 1. The van der Waals surface area contributed by atoms with Crippen LogP contribution in [-0.4, -0.2) is 12.4 Å². The van der Waals surface area contributed by atoms with Crippen LogP contribution in [-0.2, 0) is 0 Å². The molecule has 1 aromatic carbocycles. The first kappa shape index (κ1) is 23.4. The molecule has 0 fully saturated rings.